The fraction of sp³-hybridized carbons (Fsp3) is 0.364. The number of nitriles is 1. The van der Waals surface area contributed by atoms with Gasteiger partial charge in [-0.15, -0.1) is 5.11 Å². The zero-order valence-corrected chi connectivity index (χ0v) is 18.9. The second kappa shape index (κ2) is 12.2. The van der Waals surface area contributed by atoms with Gasteiger partial charge in [0.25, 0.3) is 5.69 Å². The van der Waals surface area contributed by atoms with Crippen molar-refractivity contribution in [2.24, 2.45) is 10.2 Å². The second-order valence-corrected chi connectivity index (χ2v) is 8.04. The number of benzene rings is 2. The normalized spacial score (nSPS) is 11.9. The van der Waals surface area contributed by atoms with Crippen LogP contribution in [0.2, 0.25) is 0 Å². The highest BCUT2D eigenvalue weighted by atomic mass is 16.6. The Balaban J connectivity index is 0.00000118. The van der Waals surface area contributed by atoms with E-state index in [1.165, 1.54) is 18.2 Å². The lowest BCUT2D eigenvalue weighted by atomic mass is 10.1. The van der Waals surface area contributed by atoms with Crippen molar-refractivity contribution in [2.45, 2.75) is 19.9 Å². The third-order valence-corrected chi connectivity index (χ3v) is 4.21. The molecule has 170 valence electrons. The van der Waals surface area contributed by atoms with Crippen molar-refractivity contribution in [3.8, 4) is 6.07 Å². The molecule has 32 heavy (non-hydrogen) atoms. The predicted molar refractivity (Wildman–Crippen MR) is 118 cm³/mol. The first-order chi connectivity index (χ1) is 14.9. The molecular weight excluding hydrogens is 412 g/mol. The minimum atomic E-state index is -1.08. The minimum absolute atomic E-state index is 0.115. The van der Waals surface area contributed by atoms with E-state index in [9.17, 15) is 10.1 Å². The van der Waals surface area contributed by atoms with Crippen molar-refractivity contribution in [1.29, 1.82) is 5.26 Å². The maximum absolute atomic E-state index is 10.8. The standard InChI is InChI=1S/C20H25N6O2.C2H4O2/c1-15(22-11-12-26(2,3)4)16-5-7-18(8-6-16)23-24-20-10-9-19(25(27)28)13-17(20)14-21;1-2(3)4/h5-10,13,15,22H,11-12H2,1-4H3;1H3,(H,3,4)/q+1;/p-1. The van der Waals surface area contributed by atoms with E-state index in [4.69, 9.17) is 15.2 Å². The van der Waals surface area contributed by atoms with E-state index >= 15 is 0 Å². The number of likely N-dealkylation sites (N-methyl/N-ethyl adjacent to an activating group) is 1. The highest BCUT2D eigenvalue weighted by Crippen LogP contribution is 2.26. The molecule has 2 aromatic carbocycles. The molecular formula is C22H28N6O4. The van der Waals surface area contributed by atoms with Crippen LogP contribution in [0.3, 0.4) is 0 Å². The van der Waals surface area contributed by atoms with Gasteiger partial charge in [0, 0.05) is 30.7 Å². The number of nitrogens with one attached hydrogen (secondary N) is 1. The molecule has 0 fully saturated rings. The number of hydrogen-bond donors (Lipinski definition) is 1. The number of carbonyl (C=O) groups excluding carboxylic acids is 1. The van der Waals surface area contributed by atoms with Crippen LogP contribution in [-0.4, -0.2) is 49.6 Å². The number of carboxylic acids is 1. The molecule has 1 atom stereocenters. The molecule has 0 radical (unpaired) electrons. The van der Waals surface area contributed by atoms with Gasteiger partial charge in [0.05, 0.1) is 43.9 Å². The van der Waals surface area contributed by atoms with Crippen LogP contribution in [0.1, 0.15) is 31.0 Å². The van der Waals surface area contributed by atoms with Gasteiger partial charge in [-0.1, -0.05) is 12.1 Å². The molecule has 0 aliphatic heterocycles. The number of hydrogen-bond acceptors (Lipinski definition) is 8. The number of quaternary nitrogens is 1. The summed E-state index contributed by atoms with van der Waals surface area (Å²) in [5.41, 5.74) is 2.06. The number of nitro groups is 1. The first kappa shape index (κ1) is 26.4. The molecule has 0 saturated heterocycles. The maximum Gasteiger partial charge on any atom is 0.270 e. The van der Waals surface area contributed by atoms with Gasteiger partial charge in [-0.3, -0.25) is 10.1 Å². The summed E-state index contributed by atoms with van der Waals surface area (Å²) in [6.45, 7) is 5.04. The fourth-order valence-corrected chi connectivity index (χ4v) is 2.49. The summed E-state index contributed by atoms with van der Waals surface area (Å²) in [6, 6.07) is 13.7. The number of nitro benzene ring substituents is 1. The Labute approximate surface area is 187 Å². The quantitative estimate of drug-likeness (QED) is 0.289. The minimum Gasteiger partial charge on any atom is -0.550 e. The number of nitrogens with zero attached hydrogens (tertiary/aromatic N) is 5. The van der Waals surface area contributed by atoms with Gasteiger partial charge < -0.3 is 19.7 Å². The van der Waals surface area contributed by atoms with Gasteiger partial charge in [-0.05, 0) is 37.6 Å². The monoisotopic (exact) mass is 440 g/mol. The Morgan fingerprint density at radius 1 is 1.19 bits per heavy atom. The first-order valence-electron chi connectivity index (χ1n) is 9.84. The Hall–Kier alpha value is -3.68. The molecule has 0 aliphatic rings. The van der Waals surface area contributed by atoms with Crippen molar-refractivity contribution in [3.63, 3.8) is 0 Å². The topological polar surface area (TPSA) is 144 Å². The Kier molecular flexibility index (Phi) is 10.1. The summed E-state index contributed by atoms with van der Waals surface area (Å²) < 4.78 is 0.909. The summed E-state index contributed by atoms with van der Waals surface area (Å²) in [5, 5.41) is 40.5. The smallest absolute Gasteiger partial charge is 0.270 e. The van der Waals surface area contributed by atoms with Crippen LogP contribution in [0.5, 0.6) is 0 Å². The third kappa shape index (κ3) is 9.88. The molecule has 0 bridgehead atoms. The number of azo groups is 1. The molecule has 0 amide bonds. The number of non-ortho nitro benzene ring substituents is 1. The van der Waals surface area contributed by atoms with E-state index in [0.717, 1.165) is 30.1 Å². The molecule has 0 aromatic heterocycles. The molecule has 0 spiro atoms. The maximum atomic E-state index is 10.8. The summed E-state index contributed by atoms with van der Waals surface area (Å²) in [4.78, 5) is 19.1. The number of aliphatic carboxylic acids is 1. The fourth-order valence-electron chi connectivity index (χ4n) is 2.49. The summed E-state index contributed by atoms with van der Waals surface area (Å²) in [6.07, 6.45) is 0. The van der Waals surface area contributed by atoms with E-state index < -0.39 is 10.9 Å². The summed E-state index contributed by atoms with van der Waals surface area (Å²) in [7, 11) is 6.48. The lowest BCUT2D eigenvalue weighted by Crippen LogP contribution is -2.40. The lowest BCUT2D eigenvalue weighted by molar-refractivity contribution is -0.869. The zero-order chi connectivity index (χ0) is 24.3. The van der Waals surface area contributed by atoms with E-state index in [-0.39, 0.29) is 17.3 Å². The molecule has 10 heteroatoms. The van der Waals surface area contributed by atoms with E-state index in [2.05, 4.69) is 43.6 Å². The van der Waals surface area contributed by atoms with Gasteiger partial charge in [-0.25, -0.2) is 0 Å². The SMILES string of the molecule is CC(=O)[O-].CC(NCC[N+](C)(C)C)c1ccc(N=Nc2ccc([N+](=O)[O-])cc2C#N)cc1. The predicted octanol–water partition coefficient (Wildman–Crippen LogP) is 2.99. The van der Waals surface area contributed by atoms with Gasteiger partial charge in [0.1, 0.15) is 11.8 Å². The highest BCUT2D eigenvalue weighted by Gasteiger charge is 2.11. The molecule has 0 aliphatic carbocycles. The highest BCUT2D eigenvalue weighted by molar-refractivity contribution is 5.60. The van der Waals surface area contributed by atoms with Crippen molar-refractivity contribution in [1.82, 2.24) is 5.32 Å². The van der Waals surface area contributed by atoms with E-state index in [0.29, 0.717) is 11.4 Å². The van der Waals surface area contributed by atoms with Gasteiger partial charge >= 0.3 is 0 Å². The van der Waals surface area contributed by atoms with Crippen molar-refractivity contribution < 1.29 is 19.3 Å². The van der Waals surface area contributed by atoms with Crippen molar-refractivity contribution in [3.05, 3.63) is 63.7 Å². The van der Waals surface area contributed by atoms with Crippen LogP contribution in [0.4, 0.5) is 17.1 Å². The summed E-state index contributed by atoms with van der Waals surface area (Å²) >= 11 is 0. The largest absolute Gasteiger partial charge is 0.550 e. The Morgan fingerprint density at radius 2 is 1.78 bits per heavy atom. The van der Waals surface area contributed by atoms with Gasteiger partial charge in [-0.2, -0.15) is 10.4 Å². The van der Waals surface area contributed by atoms with Crippen molar-refractivity contribution >= 4 is 23.0 Å². The Bertz CT molecular complexity index is 987. The molecule has 1 unspecified atom stereocenters. The number of carboxylic acid groups (broad SMARTS) is 1. The first-order valence-corrected chi connectivity index (χ1v) is 9.84. The molecule has 1 N–H and O–H groups in total. The van der Waals surface area contributed by atoms with Crippen LogP contribution < -0.4 is 10.4 Å². The van der Waals surface area contributed by atoms with Gasteiger partial charge in [0.2, 0.25) is 0 Å². The molecule has 2 aromatic rings. The Morgan fingerprint density at radius 3 is 2.28 bits per heavy atom. The number of carbonyl (C=O) groups is 1. The van der Waals surface area contributed by atoms with E-state index in [1.807, 2.05) is 30.3 Å². The van der Waals surface area contributed by atoms with Crippen LogP contribution in [0, 0.1) is 21.4 Å². The molecule has 10 nitrogen and oxygen atoms in total. The average molecular weight is 441 g/mol. The summed E-state index contributed by atoms with van der Waals surface area (Å²) in [5.74, 6) is -1.08. The van der Waals surface area contributed by atoms with E-state index in [1.54, 1.807) is 0 Å². The van der Waals surface area contributed by atoms with Crippen LogP contribution in [0.15, 0.2) is 52.7 Å². The molecule has 0 heterocycles. The average Bonchev–Trinajstić information content (AvgIpc) is 2.71. The molecule has 0 saturated carbocycles. The number of rotatable bonds is 8. The van der Waals surface area contributed by atoms with Crippen molar-refractivity contribution in [2.75, 3.05) is 34.2 Å². The lowest BCUT2D eigenvalue weighted by Gasteiger charge is -2.25. The zero-order valence-electron chi connectivity index (χ0n) is 18.9. The second-order valence-electron chi connectivity index (χ2n) is 8.04. The van der Waals surface area contributed by atoms with Crippen LogP contribution in [0.25, 0.3) is 0 Å². The van der Waals surface area contributed by atoms with Crippen LogP contribution >= 0.6 is 0 Å². The van der Waals surface area contributed by atoms with Gasteiger partial charge in [0.15, 0.2) is 0 Å². The molecule has 2 rings (SSSR count). The van der Waals surface area contributed by atoms with Crippen LogP contribution in [-0.2, 0) is 4.79 Å². The third-order valence-electron chi connectivity index (χ3n) is 4.21.